The number of halogens is 2. The van der Waals surface area contributed by atoms with Gasteiger partial charge in [-0.3, -0.25) is 0 Å². The molecule has 1 aromatic carbocycles. The standard InChI is InChI=1S/C12H12BrFO2/c13-9-7-8(4-5-10(9)14)12(15)11-3-1-2-6-16-11/h3-5,7,12,15H,1-2,6H2. The predicted octanol–water partition coefficient (Wildman–Crippen LogP) is 3.32. The summed E-state index contributed by atoms with van der Waals surface area (Å²) in [6.45, 7) is 0.630. The summed E-state index contributed by atoms with van der Waals surface area (Å²) in [4.78, 5) is 0. The van der Waals surface area contributed by atoms with Crippen LogP contribution in [0.1, 0.15) is 24.5 Å². The highest BCUT2D eigenvalue weighted by Gasteiger charge is 2.17. The van der Waals surface area contributed by atoms with Crippen LogP contribution >= 0.6 is 15.9 Å². The predicted molar refractivity (Wildman–Crippen MR) is 62.3 cm³/mol. The summed E-state index contributed by atoms with van der Waals surface area (Å²) in [6.07, 6.45) is 2.96. The van der Waals surface area contributed by atoms with Gasteiger partial charge in [-0.25, -0.2) is 4.39 Å². The molecule has 86 valence electrons. The number of allylic oxidation sites excluding steroid dienone is 1. The molecule has 0 aliphatic carbocycles. The summed E-state index contributed by atoms with van der Waals surface area (Å²) in [5.74, 6) is 0.222. The zero-order chi connectivity index (χ0) is 11.5. The van der Waals surface area contributed by atoms with Crippen molar-refractivity contribution in [2.45, 2.75) is 18.9 Å². The molecule has 1 unspecified atom stereocenters. The summed E-state index contributed by atoms with van der Waals surface area (Å²) in [7, 11) is 0. The van der Waals surface area contributed by atoms with Crippen LogP contribution in [0.3, 0.4) is 0 Å². The molecule has 1 atom stereocenters. The van der Waals surface area contributed by atoms with E-state index in [1.165, 1.54) is 6.07 Å². The molecule has 4 heteroatoms. The first-order chi connectivity index (χ1) is 7.68. The van der Waals surface area contributed by atoms with Crippen LogP contribution in [-0.4, -0.2) is 11.7 Å². The van der Waals surface area contributed by atoms with Gasteiger partial charge in [-0.2, -0.15) is 0 Å². The van der Waals surface area contributed by atoms with E-state index in [1.807, 2.05) is 6.08 Å². The van der Waals surface area contributed by atoms with Gasteiger partial charge in [0.1, 0.15) is 17.7 Å². The first kappa shape index (κ1) is 11.6. The normalized spacial score (nSPS) is 17.6. The maximum absolute atomic E-state index is 13.0. The molecule has 1 aromatic rings. The van der Waals surface area contributed by atoms with Gasteiger partial charge in [0, 0.05) is 0 Å². The minimum absolute atomic E-state index is 0.338. The Balaban J connectivity index is 2.22. The van der Waals surface area contributed by atoms with Gasteiger partial charge in [0.2, 0.25) is 0 Å². The molecule has 2 nitrogen and oxygen atoms in total. The second-order valence-electron chi connectivity index (χ2n) is 3.67. The Hall–Kier alpha value is -0.870. The molecule has 0 bridgehead atoms. The number of ether oxygens (including phenoxy) is 1. The van der Waals surface area contributed by atoms with Gasteiger partial charge in [-0.1, -0.05) is 6.07 Å². The highest BCUT2D eigenvalue weighted by molar-refractivity contribution is 9.10. The van der Waals surface area contributed by atoms with Gasteiger partial charge in [0.15, 0.2) is 0 Å². The molecule has 1 aliphatic rings. The lowest BCUT2D eigenvalue weighted by Crippen LogP contribution is -2.09. The molecule has 0 fully saturated rings. The minimum atomic E-state index is -0.808. The average molecular weight is 287 g/mol. The molecular formula is C12H12BrFO2. The lowest BCUT2D eigenvalue weighted by atomic mass is 10.1. The van der Waals surface area contributed by atoms with Crippen molar-refractivity contribution in [1.29, 1.82) is 0 Å². The van der Waals surface area contributed by atoms with Crippen LogP contribution < -0.4 is 0 Å². The Morgan fingerprint density at radius 3 is 2.88 bits per heavy atom. The van der Waals surface area contributed by atoms with E-state index in [1.54, 1.807) is 12.1 Å². The van der Waals surface area contributed by atoms with Crippen molar-refractivity contribution in [3.8, 4) is 0 Å². The van der Waals surface area contributed by atoms with E-state index in [9.17, 15) is 9.50 Å². The van der Waals surface area contributed by atoms with Gasteiger partial charge in [-0.15, -0.1) is 0 Å². The van der Waals surface area contributed by atoms with Crippen molar-refractivity contribution >= 4 is 15.9 Å². The van der Waals surface area contributed by atoms with Crippen molar-refractivity contribution in [3.63, 3.8) is 0 Å². The molecule has 0 saturated carbocycles. The first-order valence-electron chi connectivity index (χ1n) is 5.14. The highest BCUT2D eigenvalue weighted by Crippen LogP contribution is 2.28. The van der Waals surface area contributed by atoms with Crippen molar-refractivity contribution < 1.29 is 14.2 Å². The largest absolute Gasteiger partial charge is 0.495 e. The monoisotopic (exact) mass is 286 g/mol. The number of benzene rings is 1. The fraction of sp³-hybridized carbons (Fsp3) is 0.333. The van der Waals surface area contributed by atoms with E-state index >= 15 is 0 Å². The van der Waals surface area contributed by atoms with E-state index in [2.05, 4.69) is 15.9 Å². The Morgan fingerprint density at radius 2 is 2.25 bits per heavy atom. The van der Waals surface area contributed by atoms with E-state index in [0.29, 0.717) is 22.4 Å². The third-order valence-electron chi connectivity index (χ3n) is 2.49. The number of aliphatic hydroxyl groups is 1. The Kier molecular flexibility index (Phi) is 3.61. The lowest BCUT2D eigenvalue weighted by Gasteiger charge is -2.20. The Morgan fingerprint density at radius 1 is 1.44 bits per heavy atom. The maximum atomic E-state index is 13.0. The molecule has 0 radical (unpaired) electrons. The van der Waals surface area contributed by atoms with E-state index in [-0.39, 0.29) is 5.82 Å². The quantitative estimate of drug-likeness (QED) is 0.904. The fourth-order valence-electron chi connectivity index (χ4n) is 1.61. The molecule has 0 amide bonds. The van der Waals surface area contributed by atoms with Gasteiger partial charge in [0.05, 0.1) is 11.1 Å². The summed E-state index contributed by atoms with van der Waals surface area (Å²) in [5.41, 5.74) is 0.626. The first-order valence-corrected chi connectivity index (χ1v) is 5.93. The highest BCUT2D eigenvalue weighted by atomic mass is 79.9. The summed E-state index contributed by atoms with van der Waals surface area (Å²) < 4.78 is 18.7. The fourth-order valence-corrected chi connectivity index (χ4v) is 2.01. The number of rotatable bonds is 2. The van der Waals surface area contributed by atoms with Crippen LogP contribution in [0.2, 0.25) is 0 Å². The molecule has 1 aliphatic heterocycles. The van der Waals surface area contributed by atoms with Crippen LogP contribution in [0.15, 0.2) is 34.5 Å². The molecule has 0 aromatic heterocycles. The molecule has 1 N–H and O–H groups in total. The second-order valence-corrected chi connectivity index (χ2v) is 4.53. The molecule has 2 rings (SSSR count). The number of hydrogen-bond donors (Lipinski definition) is 1. The molecule has 0 saturated heterocycles. The van der Waals surface area contributed by atoms with E-state index in [0.717, 1.165) is 12.8 Å². The Labute approximate surface area is 102 Å². The van der Waals surface area contributed by atoms with Gasteiger partial charge in [0.25, 0.3) is 0 Å². The van der Waals surface area contributed by atoms with Crippen LogP contribution in [0.4, 0.5) is 4.39 Å². The van der Waals surface area contributed by atoms with E-state index < -0.39 is 6.10 Å². The van der Waals surface area contributed by atoms with Crippen molar-refractivity contribution in [2.75, 3.05) is 6.61 Å². The molecule has 0 spiro atoms. The van der Waals surface area contributed by atoms with Crippen LogP contribution in [0.25, 0.3) is 0 Å². The van der Waals surface area contributed by atoms with Gasteiger partial charge < -0.3 is 9.84 Å². The molecular weight excluding hydrogens is 275 g/mol. The third kappa shape index (κ3) is 2.44. The van der Waals surface area contributed by atoms with Gasteiger partial charge in [-0.05, 0) is 52.5 Å². The molecule has 16 heavy (non-hydrogen) atoms. The van der Waals surface area contributed by atoms with Crippen LogP contribution in [0, 0.1) is 5.82 Å². The smallest absolute Gasteiger partial charge is 0.137 e. The number of hydrogen-bond acceptors (Lipinski definition) is 2. The third-order valence-corrected chi connectivity index (χ3v) is 3.10. The average Bonchev–Trinajstić information content (AvgIpc) is 2.33. The maximum Gasteiger partial charge on any atom is 0.137 e. The summed E-state index contributed by atoms with van der Waals surface area (Å²) >= 11 is 3.09. The SMILES string of the molecule is OC(C1=CCCCO1)c1ccc(F)c(Br)c1. The van der Waals surface area contributed by atoms with Crippen molar-refractivity contribution in [2.24, 2.45) is 0 Å². The minimum Gasteiger partial charge on any atom is -0.495 e. The summed E-state index contributed by atoms with van der Waals surface area (Å²) in [6, 6.07) is 4.45. The zero-order valence-corrected chi connectivity index (χ0v) is 10.2. The van der Waals surface area contributed by atoms with Crippen molar-refractivity contribution in [1.82, 2.24) is 0 Å². The summed E-state index contributed by atoms with van der Waals surface area (Å²) in [5, 5.41) is 10.0. The topological polar surface area (TPSA) is 29.5 Å². The van der Waals surface area contributed by atoms with E-state index in [4.69, 9.17) is 4.74 Å². The molecule has 1 heterocycles. The van der Waals surface area contributed by atoms with Crippen LogP contribution in [-0.2, 0) is 4.74 Å². The second kappa shape index (κ2) is 4.97. The number of aliphatic hydroxyl groups excluding tert-OH is 1. The van der Waals surface area contributed by atoms with Crippen molar-refractivity contribution in [3.05, 3.63) is 45.9 Å². The zero-order valence-electron chi connectivity index (χ0n) is 8.62. The Bertz CT molecular complexity index is 417. The lowest BCUT2D eigenvalue weighted by molar-refractivity contribution is 0.0917. The van der Waals surface area contributed by atoms with Gasteiger partial charge >= 0.3 is 0 Å². The van der Waals surface area contributed by atoms with Crippen LogP contribution in [0.5, 0.6) is 0 Å².